The normalized spacial score (nSPS) is 16.5. The molecule has 0 aliphatic carbocycles. The van der Waals surface area contributed by atoms with E-state index in [9.17, 15) is 8.42 Å². The van der Waals surface area contributed by atoms with Crippen LogP contribution in [0.5, 0.6) is 0 Å². The van der Waals surface area contributed by atoms with Crippen molar-refractivity contribution in [2.45, 2.75) is 12.8 Å². The molecule has 0 aromatic heterocycles. The molecule has 0 radical (unpaired) electrons. The van der Waals surface area contributed by atoms with E-state index in [1.54, 1.807) is 0 Å². The first-order valence-electron chi connectivity index (χ1n) is 10.6. The molecule has 1 fully saturated rings. The van der Waals surface area contributed by atoms with Gasteiger partial charge in [0.15, 0.2) is 15.8 Å². The van der Waals surface area contributed by atoms with Crippen LogP contribution in [-0.2, 0) is 9.84 Å². The number of guanidine groups is 1. The van der Waals surface area contributed by atoms with E-state index in [1.807, 2.05) is 12.1 Å². The van der Waals surface area contributed by atoms with Crippen molar-refractivity contribution in [3.63, 3.8) is 0 Å². The summed E-state index contributed by atoms with van der Waals surface area (Å²) in [5.41, 5.74) is 2.50. The highest BCUT2D eigenvalue weighted by molar-refractivity contribution is 14.0. The maximum Gasteiger partial charge on any atom is 0.191 e. The first-order chi connectivity index (χ1) is 14.6. The fourth-order valence-electron chi connectivity index (χ4n) is 3.60. The quantitative estimate of drug-likeness (QED) is 0.297. The summed E-state index contributed by atoms with van der Waals surface area (Å²) in [5.74, 6) is 1.50. The third-order valence-corrected chi connectivity index (χ3v) is 6.95. The van der Waals surface area contributed by atoms with Gasteiger partial charge in [-0.25, -0.2) is 8.42 Å². The largest absolute Gasteiger partial charge is 0.357 e. The van der Waals surface area contributed by atoms with Crippen LogP contribution >= 0.6 is 24.0 Å². The molecular weight excluding hydrogens is 523 g/mol. The van der Waals surface area contributed by atoms with Gasteiger partial charge in [-0.15, -0.1) is 24.0 Å². The second-order valence-corrected chi connectivity index (χ2v) is 9.82. The van der Waals surface area contributed by atoms with Gasteiger partial charge in [0, 0.05) is 38.6 Å². The Balaban J connectivity index is 0.00000341. The standard InChI is InChI=1S/C23H32N4O2S.HI/c1-2-24-23(25-13-14-27-15-17-30(28,29)18-16-27)26-19-22(20-9-5-3-6-10-20)21-11-7-4-8-12-21;/h3-12,22H,2,13-19H2,1H3,(H2,24,25,26);1H. The summed E-state index contributed by atoms with van der Waals surface area (Å²) in [7, 11) is -2.83. The lowest BCUT2D eigenvalue weighted by atomic mass is 9.91. The molecule has 1 heterocycles. The highest BCUT2D eigenvalue weighted by atomic mass is 127. The first-order valence-corrected chi connectivity index (χ1v) is 12.4. The molecule has 1 saturated heterocycles. The molecule has 0 saturated carbocycles. The van der Waals surface area contributed by atoms with Crippen LogP contribution in [0.4, 0.5) is 0 Å². The summed E-state index contributed by atoms with van der Waals surface area (Å²) < 4.78 is 23.1. The summed E-state index contributed by atoms with van der Waals surface area (Å²) in [5, 5.41) is 6.71. The Bertz CT molecular complexity index is 854. The lowest BCUT2D eigenvalue weighted by molar-refractivity contribution is 0.299. The van der Waals surface area contributed by atoms with E-state index in [0.717, 1.165) is 25.6 Å². The highest BCUT2D eigenvalue weighted by Crippen LogP contribution is 2.24. The zero-order chi connectivity index (χ0) is 21.2. The molecule has 170 valence electrons. The number of benzene rings is 2. The van der Waals surface area contributed by atoms with Gasteiger partial charge < -0.3 is 10.6 Å². The lowest BCUT2D eigenvalue weighted by Gasteiger charge is -2.26. The topological polar surface area (TPSA) is 73.8 Å². The van der Waals surface area contributed by atoms with Crippen LogP contribution in [-0.4, -0.2) is 70.1 Å². The minimum atomic E-state index is -2.83. The molecule has 3 rings (SSSR count). The van der Waals surface area contributed by atoms with Crippen molar-refractivity contribution in [1.29, 1.82) is 0 Å². The van der Waals surface area contributed by atoms with E-state index >= 15 is 0 Å². The van der Waals surface area contributed by atoms with Crippen molar-refractivity contribution < 1.29 is 8.42 Å². The van der Waals surface area contributed by atoms with E-state index in [-0.39, 0.29) is 41.4 Å². The van der Waals surface area contributed by atoms with Crippen LogP contribution in [0.25, 0.3) is 0 Å². The Labute approximate surface area is 203 Å². The molecule has 31 heavy (non-hydrogen) atoms. The summed E-state index contributed by atoms with van der Waals surface area (Å²) in [6, 6.07) is 20.9. The zero-order valence-electron chi connectivity index (χ0n) is 18.0. The molecule has 8 heteroatoms. The van der Waals surface area contributed by atoms with Gasteiger partial charge in [0.05, 0.1) is 18.1 Å². The predicted octanol–water partition coefficient (Wildman–Crippen LogP) is 2.72. The molecule has 2 N–H and O–H groups in total. The van der Waals surface area contributed by atoms with Gasteiger partial charge in [-0.05, 0) is 18.1 Å². The molecule has 0 spiro atoms. The third-order valence-electron chi connectivity index (χ3n) is 5.34. The van der Waals surface area contributed by atoms with Crippen LogP contribution < -0.4 is 10.6 Å². The molecule has 2 aromatic carbocycles. The fourth-order valence-corrected chi connectivity index (χ4v) is 4.88. The summed E-state index contributed by atoms with van der Waals surface area (Å²) in [4.78, 5) is 7.04. The molecule has 0 amide bonds. The van der Waals surface area contributed by atoms with Gasteiger partial charge in [0.25, 0.3) is 0 Å². The number of nitrogens with zero attached hydrogens (tertiary/aromatic N) is 2. The highest BCUT2D eigenvalue weighted by Gasteiger charge is 2.21. The van der Waals surface area contributed by atoms with Crippen molar-refractivity contribution in [2.24, 2.45) is 4.99 Å². The number of hydrogen-bond donors (Lipinski definition) is 2. The van der Waals surface area contributed by atoms with Crippen LogP contribution in [0.15, 0.2) is 65.7 Å². The van der Waals surface area contributed by atoms with Gasteiger partial charge >= 0.3 is 0 Å². The average Bonchev–Trinajstić information content (AvgIpc) is 2.76. The van der Waals surface area contributed by atoms with Crippen molar-refractivity contribution in [2.75, 3.05) is 50.8 Å². The summed E-state index contributed by atoms with van der Waals surface area (Å²) in [6.07, 6.45) is 0. The Morgan fingerprint density at radius 1 is 0.968 bits per heavy atom. The number of rotatable bonds is 8. The second-order valence-electron chi connectivity index (χ2n) is 7.51. The number of sulfone groups is 1. The smallest absolute Gasteiger partial charge is 0.191 e. The van der Waals surface area contributed by atoms with Gasteiger partial charge in [-0.2, -0.15) is 0 Å². The van der Waals surface area contributed by atoms with Gasteiger partial charge in [0.1, 0.15) is 0 Å². The lowest BCUT2D eigenvalue weighted by Crippen LogP contribution is -2.46. The number of aliphatic imine (C=N–C) groups is 1. The van der Waals surface area contributed by atoms with Crippen LogP contribution in [0, 0.1) is 0 Å². The van der Waals surface area contributed by atoms with Crippen molar-refractivity contribution in [3.05, 3.63) is 71.8 Å². The maximum atomic E-state index is 11.6. The molecule has 0 unspecified atom stereocenters. The van der Waals surface area contributed by atoms with E-state index in [4.69, 9.17) is 4.99 Å². The van der Waals surface area contributed by atoms with Gasteiger partial charge in [0.2, 0.25) is 0 Å². The molecular formula is C23H33IN4O2S. The summed E-state index contributed by atoms with van der Waals surface area (Å²) >= 11 is 0. The Hall–Kier alpha value is -1.65. The number of halogens is 1. The summed E-state index contributed by atoms with van der Waals surface area (Å²) in [6.45, 7) is 6.25. The van der Waals surface area contributed by atoms with Crippen molar-refractivity contribution in [1.82, 2.24) is 15.5 Å². The first kappa shape index (κ1) is 25.6. The average molecular weight is 557 g/mol. The Morgan fingerprint density at radius 2 is 1.52 bits per heavy atom. The fraction of sp³-hybridized carbons (Fsp3) is 0.435. The number of hydrogen-bond acceptors (Lipinski definition) is 4. The monoisotopic (exact) mass is 556 g/mol. The van der Waals surface area contributed by atoms with E-state index in [0.29, 0.717) is 19.6 Å². The molecule has 2 aromatic rings. The van der Waals surface area contributed by atoms with E-state index < -0.39 is 9.84 Å². The van der Waals surface area contributed by atoms with Crippen LogP contribution in [0.1, 0.15) is 24.0 Å². The van der Waals surface area contributed by atoms with Crippen LogP contribution in [0.2, 0.25) is 0 Å². The van der Waals surface area contributed by atoms with Crippen LogP contribution in [0.3, 0.4) is 0 Å². The number of nitrogens with one attached hydrogen (secondary N) is 2. The SMILES string of the molecule is CCNC(=NCC(c1ccccc1)c1ccccc1)NCCN1CCS(=O)(=O)CC1.I. The minimum absolute atomic E-state index is 0. The van der Waals surface area contributed by atoms with Gasteiger partial charge in [-0.1, -0.05) is 60.7 Å². The predicted molar refractivity (Wildman–Crippen MR) is 139 cm³/mol. The Morgan fingerprint density at radius 3 is 2.03 bits per heavy atom. The maximum absolute atomic E-state index is 11.6. The molecule has 1 aliphatic rings. The minimum Gasteiger partial charge on any atom is -0.357 e. The third kappa shape index (κ3) is 8.42. The molecule has 0 atom stereocenters. The zero-order valence-corrected chi connectivity index (χ0v) is 21.2. The Kier molecular flexibility index (Phi) is 10.8. The second kappa shape index (κ2) is 13.0. The van der Waals surface area contributed by atoms with Crippen molar-refractivity contribution in [3.8, 4) is 0 Å². The molecule has 0 bridgehead atoms. The van der Waals surface area contributed by atoms with Crippen molar-refractivity contribution >= 4 is 39.8 Å². The van der Waals surface area contributed by atoms with E-state index in [2.05, 4.69) is 71.0 Å². The molecule has 6 nitrogen and oxygen atoms in total. The van der Waals surface area contributed by atoms with E-state index in [1.165, 1.54) is 11.1 Å². The van der Waals surface area contributed by atoms with Gasteiger partial charge in [-0.3, -0.25) is 9.89 Å². The molecule has 1 aliphatic heterocycles.